The number of Topliss-reactive ketones (excluding diaryl/α,β-unsaturated/α-hetero) is 1. The van der Waals surface area contributed by atoms with Crippen LogP contribution in [0.15, 0.2) is 152 Å². The molecule has 2 amide bonds. The number of hydrogen-bond donors (Lipinski definition) is 1. The van der Waals surface area contributed by atoms with E-state index in [0.29, 0.717) is 48.3 Å². The first-order valence-corrected chi connectivity index (χ1v) is 21.6. The molecule has 12 heteroatoms. The SMILES string of the molecule is COc1cc(C2C3=CCC4C(=O)N(c5ccc(N=Nc6ccc(N(C)C)cc6)cc5)C(=O)C4C3CC3C(=O)C(c4ccccc4)=CC(=O)C32c2ccccc2)c(Br)c(Br)c1O. The van der Waals surface area contributed by atoms with Crippen LogP contribution in [0.2, 0.25) is 0 Å². The van der Waals surface area contributed by atoms with E-state index >= 15 is 9.59 Å². The molecule has 4 aliphatic rings. The van der Waals surface area contributed by atoms with Gasteiger partial charge in [0.05, 0.1) is 45.9 Å². The third-order valence-corrected chi connectivity index (χ3v) is 15.0. The van der Waals surface area contributed by atoms with Gasteiger partial charge in [-0.1, -0.05) is 72.3 Å². The van der Waals surface area contributed by atoms with Gasteiger partial charge < -0.3 is 14.7 Å². The Bertz CT molecular complexity index is 2700. The molecule has 9 rings (SSSR count). The van der Waals surface area contributed by atoms with Gasteiger partial charge >= 0.3 is 0 Å². The maximum Gasteiger partial charge on any atom is 0.238 e. The molecule has 2 fully saturated rings. The number of amides is 2. The number of methoxy groups -OCH3 is 1. The summed E-state index contributed by atoms with van der Waals surface area (Å²) in [5.74, 6) is -4.92. The number of carbonyl (C=O) groups is 4. The van der Waals surface area contributed by atoms with Gasteiger partial charge in [-0.25, -0.2) is 0 Å². The van der Waals surface area contributed by atoms with Gasteiger partial charge in [0.25, 0.3) is 0 Å². The molecule has 6 unspecified atom stereocenters. The van der Waals surface area contributed by atoms with Gasteiger partial charge in [-0.2, -0.15) is 10.2 Å². The number of ketones is 2. The highest BCUT2D eigenvalue weighted by molar-refractivity contribution is 9.13. The molecule has 1 aliphatic heterocycles. The van der Waals surface area contributed by atoms with E-state index in [0.717, 1.165) is 11.3 Å². The molecule has 10 nitrogen and oxygen atoms in total. The number of fused-ring (bicyclic) bond motifs is 4. The summed E-state index contributed by atoms with van der Waals surface area (Å²) in [6.07, 6.45) is 3.90. The van der Waals surface area contributed by atoms with Crippen molar-refractivity contribution < 1.29 is 29.0 Å². The number of imide groups is 1. The van der Waals surface area contributed by atoms with Gasteiger partial charge in [0, 0.05) is 41.7 Å². The number of aromatic hydroxyl groups is 1. The Morgan fingerprint density at radius 3 is 2.03 bits per heavy atom. The monoisotopic (exact) mass is 938 g/mol. The molecule has 5 aromatic rings. The topological polar surface area (TPSA) is 129 Å². The van der Waals surface area contributed by atoms with E-state index in [1.165, 1.54) is 18.1 Å². The van der Waals surface area contributed by atoms with Gasteiger partial charge in [0.2, 0.25) is 11.8 Å². The number of nitrogens with zero attached hydrogens (tertiary/aromatic N) is 4. The highest BCUT2D eigenvalue weighted by atomic mass is 79.9. The molecular formula is C49H40Br2N4O6. The second-order valence-corrected chi connectivity index (χ2v) is 17.7. The van der Waals surface area contributed by atoms with Crippen molar-refractivity contribution in [2.75, 3.05) is 31.0 Å². The quantitative estimate of drug-likeness (QED) is 0.0932. The number of phenols is 1. The Kier molecular flexibility index (Phi) is 10.5. The van der Waals surface area contributed by atoms with Gasteiger partial charge in [-0.15, -0.1) is 0 Å². The Morgan fingerprint density at radius 2 is 1.41 bits per heavy atom. The molecular weight excluding hydrogens is 900 g/mol. The predicted molar refractivity (Wildman–Crippen MR) is 241 cm³/mol. The third-order valence-electron chi connectivity index (χ3n) is 12.8. The van der Waals surface area contributed by atoms with Crippen LogP contribution in [-0.2, 0) is 24.6 Å². The third kappa shape index (κ3) is 6.50. The lowest BCUT2D eigenvalue weighted by Crippen LogP contribution is -2.59. The average Bonchev–Trinajstić information content (AvgIpc) is 3.55. The van der Waals surface area contributed by atoms with Gasteiger partial charge in [-0.05, 0) is 128 Å². The molecule has 1 N–H and O–H groups in total. The van der Waals surface area contributed by atoms with E-state index < -0.39 is 35.0 Å². The smallest absolute Gasteiger partial charge is 0.238 e. The molecule has 0 spiro atoms. The maximum absolute atomic E-state index is 15.4. The van der Waals surface area contributed by atoms with Crippen LogP contribution < -0.4 is 14.5 Å². The summed E-state index contributed by atoms with van der Waals surface area (Å²) in [7, 11) is 5.38. The predicted octanol–water partition coefficient (Wildman–Crippen LogP) is 10.4. The highest BCUT2D eigenvalue weighted by Gasteiger charge is 2.66. The lowest BCUT2D eigenvalue weighted by molar-refractivity contribution is -0.135. The minimum Gasteiger partial charge on any atom is -0.503 e. The zero-order chi connectivity index (χ0) is 42.7. The normalized spacial score (nSPS) is 24.5. The fraction of sp³-hybridized carbons (Fsp3) is 0.224. The number of phenolic OH excluding ortho intramolecular Hbond substituents is 1. The van der Waals surface area contributed by atoms with Crippen molar-refractivity contribution in [2.24, 2.45) is 33.9 Å². The summed E-state index contributed by atoms with van der Waals surface area (Å²) in [6, 6.07) is 34.7. The number of carbonyl (C=O) groups excluding carboxylic acids is 4. The van der Waals surface area contributed by atoms with Crippen LogP contribution >= 0.6 is 31.9 Å². The Labute approximate surface area is 369 Å². The summed E-state index contributed by atoms with van der Waals surface area (Å²) < 4.78 is 6.46. The minimum atomic E-state index is -1.46. The molecule has 0 bridgehead atoms. The molecule has 1 heterocycles. The van der Waals surface area contributed by atoms with Crippen LogP contribution in [0.3, 0.4) is 0 Å². The highest BCUT2D eigenvalue weighted by Crippen LogP contribution is 2.65. The first kappa shape index (κ1) is 40.4. The molecule has 0 aromatic heterocycles. The van der Waals surface area contributed by atoms with Crippen LogP contribution in [0.5, 0.6) is 11.5 Å². The van der Waals surface area contributed by atoms with E-state index in [1.807, 2.05) is 110 Å². The van der Waals surface area contributed by atoms with Crippen molar-refractivity contribution in [3.63, 3.8) is 0 Å². The van der Waals surface area contributed by atoms with Crippen molar-refractivity contribution in [2.45, 2.75) is 24.2 Å². The number of hydrogen-bond acceptors (Lipinski definition) is 9. The molecule has 3 aliphatic carbocycles. The van der Waals surface area contributed by atoms with Crippen LogP contribution in [-0.4, -0.2) is 49.7 Å². The van der Waals surface area contributed by atoms with Crippen molar-refractivity contribution >= 4 is 83.6 Å². The number of rotatable bonds is 8. The number of ether oxygens (including phenoxy) is 1. The summed E-state index contributed by atoms with van der Waals surface area (Å²) in [6.45, 7) is 0. The molecule has 306 valence electrons. The Hall–Kier alpha value is -5.98. The largest absolute Gasteiger partial charge is 0.503 e. The van der Waals surface area contributed by atoms with Gasteiger partial charge in [0.1, 0.15) is 0 Å². The fourth-order valence-electron chi connectivity index (χ4n) is 10.1. The van der Waals surface area contributed by atoms with E-state index in [2.05, 4.69) is 42.1 Å². The van der Waals surface area contributed by atoms with E-state index in [4.69, 9.17) is 4.74 Å². The minimum absolute atomic E-state index is 0.135. The maximum atomic E-state index is 15.4. The Morgan fingerprint density at radius 1 is 0.787 bits per heavy atom. The zero-order valence-electron chi connectivity index (χ0n) is 33.5. The zero-order valence-corrected chi connectivity index (χ0v) is 36.6. The van der Waals surface area contributed by atoms with Gasteiger partial charge in [0.15, 0.2) is 23.1 Å². The van der Waals surface area contributed by atoms with E-state index in [9.17, 15) is 14.7 Å². The summed E-state index contributed by atoms with van der Waals surface area (Å²) in [4.78, 5) is 63.3. The summed E-state index contributed by atoms with van der Waals surface area (Å²) in [5.41, 5.74) is 4.20. The first-order valence-electron chi connectivity index (χ1n) is 20.0. The van der Waals surface area contributed by atoms with Crippen molar-refractivity contribution in [3.05, 3.63) is 159 Å². The number of benzene rings is 5. The van der Waals surface area contributed by atoms with Crippen molar-refractivity contribution in [1.82, 2.24) is 0 Å². The fourth-order valence-corrected chi connectivity index (χ4v) is 11.0. The van der Waals surface area contributed by atoms with Gasteiger partial charge in [-0.3, -0.25) is 24.1 Å². The standard InChI is InChI=1S/C49H40Br2N4O6/c1-54(2)31-18-14-29(15-19-31)52-53-30-16-20-32(21-17-30)55-47(59)34-23-22-33-36(41(34)48(55)60)24-38-45(57)35(27-10-6-4-7-11-27)26-40(56)49(38,28-12-8-5-9-13-28)42(33)37-25-39(61-3)46(58)44(51)43(37)50/h4-22,25-26,34,36,38,41-42,58H,23-24H2,1-3H3. The Balaban J connectivity index is 1.15. The van der Waals surface area contributed by atoms with Crippen LogP contribution in [0.4, 0.5) is 22.7 Å². The number of halogens is 2. The number of anilines is 2. The molecule has 0 radical (unpaired) electrons. The van der Waals surface area contributed by atoms with Crippen LogP contribution in [0.1, 0.15) is 35.4 Å². The van der Waals surface area contributed by atoms with E-state index in [-0.39, 0.29) is 47.7 Å². The lowest BCUT2D eigenvalue weighted by Gasteiger charge is -2.55. The second kappa shape index (κ2) is 15.8. The molecule has 6 atom stereocenters. The number of azo groups is 1. The molecule has 61 heavy (non-hydrogen) atoms. The summed E-state index contributed by atoms with van der Waals surface area (Å²) in [5, 5.41) is 19.8. The lowest BCUT2D eigenvalue weighted by atomic mass is 9.44. The molecule has 5 aromatic carbocycles. The number of allylic oxidation sites excluding steroid dienone is 4. The van der Waals surface area contributed by atoms with E-state index in [1.54, 1.807) is 30.3 Å². The second-order valence-electron chi connectivity index (χ2n) is 16.1. The van der Waals surface area contributed by atoms with Crippen molar-refractivity contribution in [1.29, 1.82) is 0 Å². The molecule has 1 saturated carbocycles. The first-order chi connectivity index (χ1) is 29.4. The van der Waals surface area contributed by atoms with Crippen LogP contribution in [0.25, 0.3) is 5.57 Å². The van der Waals surface area contributed by atoms with Crippen molar-refractivity contribution in [3.8, 4) is 11.5 Å². The average molecular weight is 941 g/mol. The van der Waals surface area contributed by atoms with Crippen LogP contribution in [0, 0.1) is 23.7 Å². The summed E-state index contributed by atoms with van der Waals surface area (Å²) >= 11 is 7.31. The molecule has 1 saturated heterocycles.